The number of aryl methyl sites for hydroxylation is 1. The van der Waals surface area contributed by atoms with Crippen molar-refractivity contribution in [2.24, 2.45) is 5.73 Å². The molecule has 0 radical (unpaired) electrons. The number of nitrogens with one attached hydrogen (secondary N) is 1. The van der Waals surface area contributed by atoms with E-state index in [4.69, 9.17) is 10.5 Å². The third kappa shape index (κ3) is 5.22. The Kier molecular flexibility index (Phi) is 5.98. The van der Waals surface area contributed by atoms with E-state index in [1.54, 1.807) is 0 Å². The van der Waals surface area contributed by atoms with Crippen LogP contribution in [0, 0.1) is 6.92 Å². The Hall–Kier alpha value is -2.33. The number of carbonyl (C=O) groups is 1. The summed E-state index contributed by atoms with van der Waals surface area (Å²) in [6, 6.07) is 15.5. The molecular weight excluding hydrogens is 276 g/mol. The second-order valence-corrected chi connectivity index (χ2v) is 5.22. The second-order valence-electron chi connectivity index (χ2n) is 5.22. The minimum Gasteiger partial charge on any atom is -0.494 e. The highest BCUT2D eigenvalue weighted by Crippen LogP contribution is 2.13. The van der Waals surface area contributed by atoms with Crippen molar-refractivity contribution in [1.29, 1.82) is 0 Å². The van der Waals surface area contributed by atoms with Crippen LogP contribution in [0.25, 0.3) is 0 Å². The lowest BCUT2D eigenvalue weighted by Crippen LogP contribution is -2.13. The highest BCUT2D eigenvalue weighted by molar-refractivity contribution is 5.90. The van der Waals surface area contributed by atoms with Gasteiger partial charge in [-0.1, -0.05) is 24.3 Å². The number of anilines is 1. The van der Waals surface area contributed by atoms with Crippen molar-refractivity contribution in [3.05, 3.63) is 59.7 Å². The average Bonchev–Trinajstić information content (AvgIpc) is 2.52. The number of amides is 1. The van der Waals surface area contributed by atoms with E-state index in [9.17, 15) is 4.79 Å². The molecular formula is C18H22N2O2. The van der Waals surface area contributed by atoms with Crippen LogP contribution in [-0.4, -0.2) is 12.5 Å². The first-order chi connectivity index (χ1) is 10.7. The molecule has 0 saturated carbocycles. The van der Waals surface area contributed by atoms with E-state index in [-0.39, 0.29) is 5.91 Å². The SMILES string of the molecule is Cc1cccc(OCCCC(=O)Nc2cccc(CN)c2)c1. The summed E-state index contributed by atoms with van der Waals surface area (Å²) in [5.41, 5.74) is 8.53. The Labute approximate surface area is 131 Å². The van der Waals surface area contributed by atoms with Gasteiger partial charge in [-0.15, -0.1) is 0 Å². The zero-order valence-electron chi connectivity index (χ0n) is 12.8. The Morgan fingerprint density at radius 2 is 2.00 bits per heavy atom. The highest BCUT2D eigenvalue weighted by atomic mass is 16.5. The molecule has 0 aliphatic carbocycles. The fraction of sp³-hybridized carbons (Fsp3) is 0.278. The summed E-state index contributed by atoms with van der Waals surface area (Å²) in [5, 5.41) is 2.87. The molecule has 0 fully saturated rings. The molecule has 0 saturated heterocycles. The minimum absolute atomic E-state index is 0.0120. The molecule has 0 aliphatic heterocycles. The van der Waals surface area contributed by atoms with Crippen LogP contribution in [-0.2, 0) is 11.3 Å². The summed E-state index contributed by atoms with van der Waals surface area (Å²) in [5.74, 6) is 0.832. The van der Waals surface area contributed by atoms with E-state index in [2.05, 4.69) is 5.32 Å². The molecule has 3 N–H and O–H groups in total. The summed E-state index contributed by atoms with van der Waals surface area (Å²) in [7, 11) is 0. The number of nitrogens with two attached hydrogens (primary N) is 1. The van der Waals surface area contributed by atoms with Gasteiger partial charge in [0.25, 0.3) is 0 Å². The fourth-order valence-electron chi connectivity index (χ4n) is 2.13. The summed E-state index contributed by atoms with van der Waals surface area (Å²) in [6.07, 6.45) is 1.11. The van der Waals surface area contributed by atoms with Crippen molar-refractivity contribution in [2.45, 2.75) is 26.3 Å². The number of benzene rings is 2. The Balaban J connectivity index is 1.71. The Bertz CT molecular complexity index is 626. The molecule has 2 aromatic carbocycles. The monoisotopic (exact) mass is 298 g/mol. The number of hydrogen-bond donors (Lipinski definition) is 2. The Morgan fingerprint density at radius 3 is 2.77 bits per heavy atom. The van der Waals surface area contributed by atoms with Crippen molar-refractivity contribution >= 4 is 11.6 Å². The molecule has 4 heteroatoms. The molecule has 2 rings (SSSR count). The number of carbonyl (C=O) groups excluding carboxylic acids is 1. The molecule has 22 heavy (non-hydrogen) atoms. The van der Waals surface area contributed by atoms with Gasteiger partial charge in [-0.3, -0.25) is 4.79 Å². The van der Waals surface area contributed by atoms with Crippen LogP contribution in [0.1, 0.15) is 24.0 Å². The standard InChI is InChI=1S/C18H22N2O2/c1-14-5-2-8-17(11-14)22-10-4-9-18(21)20-16-7-3-6-15(12-16)13-19/h2-3,5-8,11-12H,4,9-10,13,19H2,1H3,(H,20,21). The topological polar surface area (TPSA) is 64.3 Å². The van der Waals surface area contributed by atoms with Gasteiger partial charge < -0.3 is 15.8 Å². The second kappa shape index (κ2) is 8.20. The molecule has 116 valence electrons. The molecule has 1 amide bonds. The van der Waals surface area contributed by atoms with Crippen LogP contribution in [0.5, 0.6) is 5.75 Å². The molecule has 4 nitrogen and oxygen atoms in total. The first-order valence-corrected chi connectivity index (χ1v) is 7.46. The van der Waals surface area contributed by atoms with Crippen LogP contribution < -0.4 is 15.8 Å². The maximum absolute atomic E-state index is 11.9. The van der Waals surface area contributed by atoms with Gasteiger partial charge in [-0.25, -0.2) is 0 Å². The maximum atomic E-state index is 11.9. The van der Waals surface area contributed by atoms with E-state index >= 15 is 0 Å². The van der Waals surface area contributed by atoms with Crippen molar-refractivity contribution in [3.8, 4) is 5.75 Å². The normalized spacial score (nSPS) is 10.3. The quantitative estimate of drug-likeness (QED) is 0.771. The highest BCUT2D eigenvalue weighted by Gasteiger charge is 2.03. The van der Waals surface area contributed by atoms with E-state index in [0.717, 1.165) is 22.6 Å². The van der Waals surface area contributed by atoms with Gasteiger partial charge in [0.15, 0.2) is 0 Å². The van der Waals surface area contributed by atoms with Gasteiger partial charge in [-0.2, -0.15) is 0 Å². The first-order valence-electron chi connectivity index (χ1n) is 7.46. The molecule has 0 atom stereocenters. The largest absolute Gasteiger partial charge is 0.494 e. The lowest BCUT2D eigenvalue weighted by atomic mass is 10.2. The first kappa shape index (κ1) is 16.0. The van der Waals surface area contributed by atoms with Crippen LogP contribution in [0.2, 0.25) is 0 Å². The van der Waals surface area contributed by atoms with E-state index in [1.807, 2.05) is 55.5 Å². The summed E-state index contributed by atoms with van der Waals surface area (Å²) in [6.45, 7) is 3.02. The lowest BCUT2D eigenvalue weighted by molar-refractivity contribution is -0.116. The molecule has 0 unspecified atom stereocenters. The van der Waals surface area contributed by atoms with Crippen molar-refractivity contribution in [3.63, 3.8) is 0 Å². The number of hydrogen-bond acceptors (Lipinski definition) is 3. The zero-order chi connectivity index (χ0) is 15.8. The van der Waals surface area contributed by atoms with Gasteiger partial charge in [0.2, 0.25) is 5.91 Å². The van der Waals surface area contributed by atoms with E-state index < -0.39 is 0 Å². The summed E-state index contributed by atoms with van der Waals surface area (Å²) >= 11 is 0. The van der Waals surface area contributed by atoms with E-state index in [1.165, 1.54) is 0 Å². The molecule has 0 aliphatic rings. The molecule has 0 aromatic heterocycles. The molecule has 0 bridgehead atoms. The van der Waals surface area contributed by atoms with E-state index in [0.29, 0.717) is 26.0 Å². The molecule has 2 aromatic rings. The van der Waals surface area contributed by atoms with Crippen molar-refractivity contribution in [1.82, 2.24) is 0 Å². The van der Waals surface area contributed by atoms with Gasteiger partial charge in [0.1, 0.15) is 5.75 Å². The van der Waals surface area contributed by atoms with Gasteiger partial charge in [0, 0.05) is 18.7 Å². The smallest absolute Gasteiger partial charge is 0.224 e. The van der Waals surface area contributed by atoms with Crippen LogP contribution in [0.15, 0.2) is 48.5 Å². The van der Waals surface area contributed by atoms with Crippen LogP contribution in [0.4, 0.5) is 5.69 Å². The van der Waals surface area contributed by atoms with Gasteiger partial charge in [-0.05, 0) is 48.7 Å². The lowest BCUT2D eigenvalue weighted by Gasteiger charge is -2.08. The third-order valence-corrected chi connectivity index (χ3v) is 3.25. The zero-order valence-corrected chi connectivity index (χ0v) is 12.8. The minimum atomic E-state index is -0.0120. The van der Waals surface area contributed by atoms with Crippen LogP contribution >= 0.6 is 0 Å². The summed E-state index contributed by atoms with van der Waals surface area (Å²) < 4.78 is 5.63. The number of ether oxygens (including phenoxy) is 1. The van der Waals surface area contributed by atoms with Crippen molar-refractivity contribution < 1.29 is 9.53 Å². The summed E-state index contributed by atoms with van der Waals surface area (Å²) in [4.78, 5) is 11.9. The van der Waals surface area contributed by atoms with Gasteiger partial charge >= 0.3 is 0 Å². The average molecular weight is 298 g/mol. The number of rotatable bonds is 7. The molecule has 0 spiro atoms. The maximum Gasteiger partial charge on any atom is 0.224 e. The third-order valence-electron chi connectivity index (χ3n) is 3.25. The molecule has 0 heterocycles. The van der Waals surface area contributed by atoms with Gasteiger partial charge in [0.05, 0.1) is 6.61 Å². The van der Waals surface area contributed by atoms with Crippen LogP contribution in [0.3, 0.4) is 0 Å². The fourth-order valence-corrected chi connectivity index (χ4v) is 2.13. The Morgan fingerprint density at radius 1 is 1.18 bits per heavy atom. The van der Waals surface area contributed by atoms with Crippen molar-refractivity contribution in [2.75, 3.05) is 11.9 Å². The predicted molar refractivity (Wildman–Crippen MR) is 88.9 cm³/mol. The predicted octanol–water partition coefficient (Wildman–Crippen LogP) is 3.25.